The van der Waals surface area contributed by atoms with E-state index in [9.17, 15) is 0 Å². The van der Waals surface area contributed by atoms with Gasteiger partial charge in [0, 0.05) is 34.1 Å². The lowest BCUT2D eigenvalue weighted by molar-refractivity contribution is 0.687. The highest BCUT2D eigenvalue weighted by molar-refractivity contribution is 7.80. The summed E-state index contributed by atoms with van der Waals surface area (Å²) >= 11 is 24.2. The van der Waals surface area contributed by atoms with E-state index >= 15 is 0 Å². The molecule has 164 valence electrons. The second kappa shape index (κ2) is 9.92. The molecular weight excluding hydrogens is 487 g/mol. The van der Waals surface area contributed by atoms with E-state index in [0.717, 1.165) is 5.56 Å². The molecule has 0 fully saturated rings. The van der Waals surface area contributed by atoms with Crippen LogP contribution in [0.25, 0.3) is 0 Å². The lowest BCUT2D eigenvalue weighted by atomic mass is 10.1. The zero-order valence-electron chi connectivity index (χ0n) is 17.0. The van der Waals surface area contributed by atoms with Crippen LogP contribution in [0.1, 0.15) is 16.7 Å². The molecule has 6 nitrogen and oxygen atoms in total. The van der Waals surface area contributed by atoms with Crippen LogP contribution >= 0.6 is 47.0 Å². The highest BCUT2D eigenvalue weighted by Crippen LogP contribution is 2.27. The van der Waals surface area contributed by atoms with Crippen molar-refractivity contribution in [2.24, 2.45) is 0 Å². The van der Waals surface area contributed by atoms with Gasteiger partial charge in [-0.3, -0.25) is 9.36 Å². The van der Waals surface area contributed by atoms with Crippen LogP contribution < -0.4 is 10.6 Å². The van der Waals surface area contributed by atoms with E-state index in [4.69, 9.17) is 47.0 Å². The largest absolute Gasteiger partial charge is 0.316 e. The second-order valence-electron chi connectivity index (χ2n) is 7.13. The molecule has 10 heteroatoms. The van der Waals surface area contributed by atoms with Crippen LogP contribution in [0, 0.1) is 6.92 Å². The van der Waals surface area contributed by atoms with Gasteiger partial charge in [-0.2, -0.15) is 10.2 Å². The topological polar surface area (TPSA) is 59.7 Å². The number of aromatic nitrogens is 4. The van der Waals surface area contributed by atoms with Crippen LogP contribution in [-0.2, 0) is 13.1 Å². The summed E-state index contributed by atoms with van der Waals surface area (Å²) in [6.07, 6.45) is 3.58. The van der Waals surface area contributed by atoms with Crippen molar-refractivity contribution in [2.75, 3.05) is 10.6 Å². The van der Waals surface area contributed by atoms with Crippen LogP contribution in [0.5, 0.6) is 0 Å². The number of nitrogens with one attached hydrogen (secondary N) is 2. The molecule has 4 aromatic rings. The van der Waals surface area contributed by atoms with E-state index < -0.39 is 0 Å². The number of rotatable bonds is 6. The van der Waals surface area contributed by atoms with Crippen molar-refractivity contribution in [3.8, 4) is 0 Å². The fraction of sp³-hybridized carbons (Fsp3) is 0.136. The third kappa shape index (κ3) is 5.42. The van der Waals surface area contributed by atoms with Crippen molar-refractivity contribution in [1.29, 1.82) is 0 Å². The van der Waals surface area contributed by atoms with E-state index in [0.29, 0.717) is 44.9 Å². The summed E-state index contributed by atoms with van der Waals surface area (Å²) in [4.78, 5) is 0. The number of benzene rings is 2. The Morgan fingerprint density at radius 1 is 0.875 bits per heavy atom. The normalized spacial score (nSPS) is 10.9. The van der Waals surface area contributed by atoms with Crippen LogP contribution in [0.3, 0.4) is 0 Å². The Bertz CT molecular complexity index is 1250. The van der Waals surface area contributed by atoms with E-state index in [1.807, 2.05) is 29.1 Å². The maximum absolute atomic E-state index is 6.33. The molecule has 0 aliphatic carbocycles. The average Bonchev–Trinajstić information content (AvgIpc) is 3.32. The summed E-state index contributed by atoms with van der Waals surface area (Å²) in [6.45, 7) is 3.14. The smallest absolute Gasteiger partial charge is 0.177 e. The maximum Gasteiger partial charge on any atom is 0.177 e. The molecule has 0 aliphatic heterocycles. The Labute approximate surface area is 206 Å². The number of anilines is 2. The van der Waals surface area contributed by atoms with Gasteiger partial charge < -0.3 is 10.6 Å². The third-order valence-corrected chi connectivity index (χ3v) is 6.00. The van der Waals surface area contributed by atoms with Gasteiger partial charge in [-0.25, -0.2) is 0 Å². The minimum absolute atomic E-state index is 0.328. The first-order valence-corrected chi connectivity index (χ1v) is 11.2. The predicted molar refractivity (Wildman–Crippen MR) is 135 cm³/mol. The monoisotopic (exact) mass is 504 g/mol. The van der Waals surface area contributed by atoms with Crippen molar-refractivity contribution < 1.29 is 0 Å². The van der Waals surface area contributed by atoms with Crippen molar-refractivity contribution >= 4 is 63.8 Å². The van der Waals surface area contributed by atoms with Crippen LogP contribution in [-0.4, -0.2) is 24.7 Å². The number of halogens is 3. The zero-order chi connectivity index (χ0) is 22.7. The molecule has 32 heavy (non-hydrogen) atoms. The molecule has 0 aliphatic rings. The van der Waals surface area contributed by atoms with E-state index in [1.54, 1.807) is 29.1 Å². The molecule has 0 saturated carbocycles. The Kier molecular flexibility index (Phi) is 7.01. The van der Waals surface area contributed by atoms with Crippen LogP contribution in [0.2, 0.25) is 15.1 Å². The number of hydrogen-bond donors (Lipinski definition) is 2. The standard InChI is InChI=1S/C22H19Cl3N6S/c1-14-5-2-3-6-15(14)11-30-10-9-20(28-30)26-22(32)27-21-19(25)13-31(29-21)12-16-17(23)7-4-8-18(16)24/h2-10,13H,11-12H2,1H3,(H2,26,27,28,29,32). The first-order chi connectivity index (χ1) is 15.4. The third-order valence-electron chi connectivity index (χ3n) is 4.81. The van der Waals surface area contributed by atoms with Crippen LogP contribution in [0.4, 0.5) is 11.6 Å². The summed E-state index contributed by atoms with van der Waals surface area (Å²) in [7, 11) is 0. The molecule has 0 amide bonds. The average molecular weight is 506 g/mol. The van der Waals surface area contributed by atoms with Gasteiger partial charge in [0.25, 0.3) is 0 Å². The number of hydrogen-bond acceptors (Lipinski definition) is 3. The first kappa shape index (κ1) is 22.6. The van der Waals surface area contributed by atoms with Crippen molar-refractivity contribution in [3.63, 3.8) is 0 Å². The van der Waals surface area contributed by atoms with E-state index in [2.05, 4.69) is 39.9 Å². The van der Waals surface area contributed by atoms with E-state index in [-0.39, 0.29) is 0 Å². The van der Waals surface area contributed by atoms with Gasteiger partial charge in [-0.1, -0.05) is 65.1 Å². The fourth-order valence-corrected chi connectivity index (χ4v) is 4.06. The Morgan fingerprint density at radius 3 is 2.38 bits per heavy atom. The first-order valence-electron chi connectivity index (χ1n) is 9.71. The lowest BCUT2D eigenvalue weighted by Crippen LogP contribution is -2.20. The quantitative estimate of drug-likeness (QED) is 0.303. The molecule has 0 bridgehead atoms. The molecule has 0 saturated heterocycles. The summed E-state index contributed by atoms with van der Waals surface area (Å²) in [5.74, 6) is 1.04. The van der Waals surface area contributed by atoms with Gasteiger partial charge in [0.1, 0.15) is 5.02 Å². The molecule has 2 N–H and O–H groups in total. The Balaban J connectivity index is 1.39. The van der Waals surface area contributed by atoms with E-state index in [1.165, 1.54) is 11.1 Å². The predicted octanol–water partition coefficient (Wildman–Crippen LogP) is 6.25. The minimum Gasteiger partial charge on any atom is -0.316 e. The molecular formula is C22H19Cl3N6S. The molecule has 0 spiro atoms. The Hall–Kier alpha value is -2.58. The lowest BCUT2D eigenvalue weighted by Gasteiger charge is -2.08. The molecule has 2 aromatic heterocycles. The minimum atomic E-state index is 0.328. The molecule has 0 atom stereocenters. The highest BCUT2D eigenvalue weighted by Gasteiger charge is 2.13. The van der Waals surface area contributed by atoms with Crippen LogP contribution in [0.15, 0.2) is 60.9 Å². The molecule has 2 heterocycles. The zero-order valence-corrected chi connectivity index (χ0v) is 20.1. The molecule has 0 unspecified atom stereocenters. The fourth-order valence-electron chi connectivity index (χ4n) is 3.14. The number of nitrogens with zero attached hydrogens (tertiary/aromatic N) is 4. The summed E-state index contributed by atoms with van der Waals surface area (Å²) in [6, 6.07) is 15.4. The van der Waals surface area contributed by atoms with Crippen molar-refractivity contribution in [1.82, 2.24) is 19.6 Å². The van der Waals surface area contributed by atoms with Gasteiger partial charge >= 0.3 is 0 Å². The number of thiocarbonyl (C=S) groups is 1. The highest BCUT2D eigenvalue weighted by atomic mass is 35.5. The molecule has 2 aromatic carbocycles. The summed E-state index contributed by atoms with van der Waals surface area (Å²) < 4.78 is 3.50. The SMILES string of the molecule is Cc1ccccc1Cn1ccc(NC(=S)Nc2nn(Cc3c(Cl)cccc3Cl)cc2Cl)n1. The summed E-state index contributed by atoms with van der Waals surface area (Å²) in [5.41, 5.74) is 3.19. The van der Waals surface area contributed by atoms with Gasteiger partial charge in [0.05, 0.1) is 13.1 Å². The van der Waals surface area contributed by atoms with Gasteiger partial charge in [0.15, 0.2) is 16.7 Å². The van der Waals surface area contributed by atoms with Gasteiger partial charge in [-0.05, 0) is 42.4 Å². The van der Waals surface area contributed by atoms with Gasteiger partial charge in [0.2, 0.25) is 0 Å². The van der Waals surface area contributed by atoms with Crippen molar-refractivity contribution in [2.45, 2.75) is 20.0 Å². The Morgan fingerprint density at radius 2 is 1.62 bits per heavy atom. The summed E-state index contributed by atoms with van der Waals surface area (Å²) in [5, 5.41) is 16.9. The molecule has 0 radical (unpaired) electrons. The molecule has 4 rings (SSSR count). The van der Waals surface area contributed by atoms with Gasteiger partial charge in [-0.15, -0.1) is 0 Å². The van der Waals surface area contributed by atoms with Crippen molar-refractivity contribution in [3.05, 3.63) is 92.7 Å². The second-order valence-corrected chi connectivity index (χ2v) is 8.76. The maximum atomic E-state index is 6.33. The number of aryl methyl sites for hydroxylation is 1.